The van der Waals surface area contributed by atoms with Crippen LogP contribution in [0.15, 0.2) is 58.3 Å². The summed E-state index contributed by atoms with van der Waals surface area (Å²) >= 11 is 5.98. The van der Waals surface area contributed by atoms with Gasteiger partial charge in [-0.15, -0.1) is 0 Å². The van der Waals surface area contributed by atoms with Gasteiger partial charge in [-0.2, -0.15) is 4.31 Å². The van der Waals surface area contributed by atoms with Crippen molar-refractivity contribution in [1.82, 2.24) is 14.3 Å². The van der Waals surface area contributed by atoms with E-state index in [1.165, 1.54) is 29.6 Å². The zero-order valence-corrected chi connectivity index (χ0v) is 22.9. The average Bonchev–Trinajstić information content (AvgIpc) is 3.28. The predicted molar refractivity (Wildman–Crippen MR) is 139 cm³/mol. The van der Waals surface area contributed by atoms with Gasteiger partial charge in [-0.3, -0.25) is 0 Å². The largest absolute Gasteiger partial charge is 0.491 e. The number of piperidine rings is 1. The number of sulfonamides is 2. The predicted octanol–water partition coefficient (Wildman–Crippen LogP) is 1.59. The summed E-state index contributed by atoms with van der Waals surface area (Å²) in [6, 6.07) is 12.4. The number of aliphatic hydroxyl groups excluding tert-OH is 1. The van der Waals surface area contributed by atoms with Crippen molar-refractivity contribution in [2.45, 2.75) is 46.8 Å². The Morgan fingerprint density at radius 3 is 2.54 bits per heavy atom. The number of hydrogen-bond acceptors (Lipinski definition) is 8. The van der Waals surface area contributed by atoms with Crippen molar-refractivity contribution in [3.05, 3.63) is 53.6 Å². The minimum absolute atomic E-state index is 0.00883. The highest BCUT2D eigenvalue weighted by Crippen LogP contribution is 2.37. The molecule has 2 saturated heterocycles. The number of hydrogen-bond donors (Lipinski definition) is 3. The van der Waals surface area contributed by atoms with E-state index in [0.717, 1.165) is 6.42 Å². The number of halogens is 1. The maximum atomic E-state index is 13.0. The highest BCUT2D eigenvalue weighted by Gasteiger charge is 2.44. The third-order valence-corrected chi connectivity index (χ3v) is 10.3. The van der Waals surface area contributed by atoms with Crippen LogP contribution in [0, 0.1) is 0 Å². The van der Waals surface area contributed by atoms with Crippen molar-refractivity contribution >= 4 is 31.6 Å². The van der Waals surface area contributed by atoms with Crippen molar-refractivity contribution in [2.24, 2.45) is 0 Å². The van der Waals surface area contributed by atoms with Crippen LogP contribution in [-0.4, -0.2) is 83.9 Å². The Morgan fingerprint density at radius 2 is 1.84 bits per heavy atom. The molecule has 0 aromatic heterocycles. The maximum Gasteiger partial charge on any atom is 0.243 e. The zero-order chi connectivity index (χ0) is 26.7. The number of nitrogens with zero attached hydrogens (tertiary/aromatic N) is 1. The summed E-state index contributed by atoms with van der Waals surface area (Å²) in [6.45, 7) is 1.46. The van der Waals surface area contributed by atoms with Crippen LogP contribution < -0.4 is 14.8 Å². The van der Waals surface area contributed by atoms with E-state index >= 15 is 0 Å². The van der Waals surface area contributed by atoms with Gasteiger partial charge in [0.05, 0.1) is 22.0 Å². The molecule has 13 heteroatoms. The van der Waals surface area contributed by atoms with Crippen LogP contribution in [0.2, 0.25) is 5.02 Å². The first kappa shape index (κ1) is 28.2. The highest BCUT2D eigenvalue weighted by molar-refractivity contribution is 7.89. The topological polar surface area (TPSA) is 134 Å². The molecule has 10 nitrogen and oxygen atoms in total. The lowest BCUT2D eigenvalue weighted by molar-refractivity contribution is -0.0312. The van der Waals surface area contributed by atoms with Crippen molar-refractivity contribution in [1.29, 1.82) is 0 Å². The number of nitrogens with one attached hydrogen (secondary N) is 2. The molecule has 2 atom stereocenters. The van der Waals surface area contributed by atoms with Gasteiger partial charge in [-0.1, -0.05) is 23.7 Å². The van der Waals surface area contributed by atoms with Gasteiger partial charge in [0, 0.05) is 36.8 Å². The Bertz CT molecular complexity index is 1300. The van der Waals surface area contributed by atoms with Gasteiger partial charge < -0.3 is 19.9 Å². The Kier molecular flexibility index (Phi) is 8.81. The molecule has 2 aromatic carbocycles. The van der Waals surface area contributed by atoms with Crippen molar-refractivity contribution in [3.8, 4) is 5.75 Å². The second kappa shape index (κ2) is 11.5. The minimum Gasteiger partial charge on any atom is -0.491 e. The Morgan fingerprint density at radius 1 is 1.14 bits per heavy atom. The van der Waals surface area contributed by atoms with Gasteiger partial charge in [0.25, 0.3) is 0 Å². The first-order valence-electron chi connectivity index (χ1n) is 12.0. The van der Waals surface area contributed by atoms with E-state index in [1.54, 1.807) is 30.3 Å². The van der Waals surface area contributed by atoms with Gasteiger partial charge in [-0.25, -0.2) is 21.6 Å². The third kappa shape index (κ3) is 6.82. The molecule has 1 spiro atoms. The van der Waals surface area contributed by atoms with Crippen LogP contribution in [0.4, 0.5) is 0 Å². The number of benzene rings is 2. The Labute approximate surface area is 223 Å². The second-order valence-corrected chi connectivity index (χ2v) is 13.6. The lowest BCUT2D eigenvalue weighted by Gasteiger charge is -2.38. The van der Waals surface area contributed by atoms with Crippen molar-refractivity contribution < 1.29 is 31.4 Å². The third-order valence-electron chi connectivity index (χ3n) is 6.75. The van der Waals surface area contributed by atoms with Crippen LogP contribution in [0.3, 0.4) is 0 Å². The van der Waals surface area contributed by atoms with Crippen LogP contribution >= 0.6 is 11.6 Å². The smallest absolute Gasteiger partial charge is 0.243 e. The minimum atomic E-state index is -3.61. The van der Waals surface area contributed by atoms with E-state index < -0.39 is 31.8 Å². The maximum absolute atomic E-state index is 13.0. The molecule has 0 bridgehead atoms. The van der Waals surface area contributed by atoms with Gasteiger partial charge in [0.2, 0.25) is 20.0 Å². The molecule has 37 heavy (non-hydrogen) atoms. The molecule has 3 N–H and O–H groups in total. The van der Waals surface area contributed by atoms with Gasteiger partial charge in [0.1, 0.15) is 18.5 Å². The van der Waals surface area contributed by atoms with Crippen molar-refractivity contribution in [2.75, 3.05) is 39.9 Å². The van der Waals surface area contributed by atoms with E-state index in [4.69, 9.17) is 21.1 Å². The molecule has 2 aliphatic rings. The fraction of sp³-hybridized carbons (Fsp3) is 0.500. The average molecular weight is 574 g/mol. The molecule has 2 aromatic rings. The standard InChI is InChI=1S/C24H32ClN3O7S2/c1-26-36(30,31)22-6-3-5-21(13-22)34-17-20(29)15-27-19-14-24(35-16-19)8-10-28(11-9-24)37(32,33)23-7-2-4-18(25)12-23/h2-7,12-13,19-20,26-27,29H,8-11,14-17H2,1H3. The summed E-state index contributed by atoms with van der Waals surface area (Å²) in [6.07, 6.45) is 1.08. The second-order valence-electron chi connectivity index (χ2n) is 9.31. The summed E-state index contributed by atoms with van der Waals surface area (Å²) in [7, 11) is -5.86. The first-order chi connectivity index (χ1) is 17.5. The number of rotatable bonds is 10. The SMILES string of the molecule is CNS(=O)(=O)c1cccc(OCC(O)CNC2COC3(CCN(S(=O)(=O)c4cccc(Cl)c4)CC3)C2)c1. The van der Waals surface area contributed by atoms with E-state index in [0.29, 0.717) is 43.3 Å². The lowest BCUT2D eigenvalue weighted by atomic mass is 9.88. The van der Waals surface area contributed by atoms with Crippen LogP contribution in [0.5, 0.6) is 5.75 Å². The zero-order valence-electron chi connectivity index (χ0n) is 20.5. The molecule has 204 valence electrons. The molecule has 4 rings (SSSR count). The molecule has 2 heterocycles. The quantitative estimate of drug-likeness (QED) is 0.390. The van der Waals surface area contributed by atoms with Gasteiger partial charge in [0.15, 0.2) is 0 Å². The van der Waals surface area contributed by atoms with Gasteiger partial charge >= 0.3 is 0 Å². The van der Waals surface area contributed by atoms with Crippen LogP contribution in [0.25, 0.3) is 0 Å². The molecule has 0 amide bonds. The fourth-order valence-electron chi connectivity index (χ4n) is 4.64. The molecule has 0 saturated carbocycles. The van der Waals surface area contributed by atoms with Crippen molar-refractivity contribution in [3.63, 3.8) is 0 Å². The summed E-state index contributed by atoms with van der Waals surface area (Å²) in [5.74, 6) is 0.345. The Balaban J connectivity index is 1.23. The molecule has 2 aliphatic heterocycles. The molecular formula is C24H32ClN3O7S2. The highest BCUT2D eigenvalue weighted by atomic mass is 35.5. The molecule has 2 unspecified atom stereocenters. The van der Waals surface area contributed by atoms with Crippen LogP contribution in [-0.2, 0) is 24.8 Å². The number of ether oxygens (including phenoxy) is 2. The Hall–Kier alpha value is -1.77. The normalized spacial score (nSPS) is 21.2. The first-order valence-corrected chi connectivity index (χ1v) is 15.3. The van der Waals surface area contributed by atoms with E-state index in [9.17, 15) is 21.9 Å². The molecule has 0 aliphatic carbocycles. The van der Waals surface area contributed by atoms with Crippen LogP contribution in [0.1, 0.15) is 19.3 Å². The molecule has 2 fully saturated rings. The summed E-state index contributed by atoms with van der Waals surface area (Å²) in [5, 5.41) is 14.0. The summed E-state index contributed by atoms with van der Waals surface area (Å²) in [5.41, 5.74) is -0.390. The van der Waals surface area contributed by atoms with E-state index in [2.05, 4.69) is 10.0 Å². The monoisotopic (exact) mass is 573 g/mol. The summed E-state index contributed by atoms with van der Waals surface area (Å²) < 4.78 is 65.2. The van der Waals surface area contributed by atoms with Gasteiger partial charge in [-0.05, 0) is 56.6 Å². The molecule has 0 radical (unpaired) electrons. The van der Waals surface area contributed by atoms with E-state index in [-0.39, 0.29) is 29.0 Å². The fourth-order valence-corrected chi connectivity index (χ4v) is 7.15. The molecular weight excluding hydrogens is 542 g/mol. The van der Waals surface area contributed by atoms with E-state index in [1.807, 2.05) is 0 Å². The summed E-state index contributed by atoms with van der Waals surface area (Å²) in [4.78, 5) is 0.273. The lowest BCUT2D eigenvalue weighted by Crippen LogP contribution is -2.47. The number of aliphatic hydroxyl groups is 1.